The quantitative estimate of drug-likeness (QED) is 0.383. The van der Waals surface area contributed by atoms with Crippen LogP contribution in [-0.2, 0) is 16.4 Å². The monoisotopic (exact) mass is 550 g/mol. The zero-order valence-corrected chi connectivity index (χ0v) is 22.7. The third kappa shape index (κ3) is 6.31. The summed E-state index contributed by atoms with van der Waals surface area (Å²) in [5, 5.41) is 2.90. The average molecular weight is 551 g/mol. The summed E-state index contributed by atoms with van der Waals surface area (Å²) in [6.45, 7) is 0.262. The van der Waals surface area contributed by atoms with Crippen LogP contribution in [0.3, 0.4) is 0 Å². The number of amides is 1. The minimum Gasteiger partial charge on any atom is -0.493 e. The van der Waals surface area contributed by atoms with E-state index in [1.807, 2.05) is 48.5 Å². The number of halogens is 2. The molecular weight excluding hydrogens is 523 g/mol. The SMILES string of the molecule is COc1ccc(C(CNC(=O)c2cc(S(=O)(=O)N(C)C)c(Cl)cc2Cl)Cc2ccccc2)cc1OC. The van der Waals surface area contributed by atoms with Crippen LogP contribution in [0.5, 0.6) is 11.5 Å². The molecule has 0 aliphatic heterocycles. The first-order valence-corrected chi connectivity index (χ1v) is 13.2. The Balaban J connectivity index is 1.91. The standard InChI is InChI=1S/C26H28Cl2N2O5S/c1-30(2)36(32,33)25-14-20(21(27)15-22(25)28)26(31)29-16-19(12-17-8-6-5-7-9-17)18-10-11-23(34-3)24(13-18)35-4/h5-11,13-15,19H,12,16H2,1-4H3,(H,29,31). The van der Waals surface area contributed by atoms with Crippen molar-refractivity contribution in [1.82, 2.24) is 9.62 Å². The van der Waals surface area contributed by atoms with E-state index in [1.165, 1.54) is 26.2 Å². The molecule has 0 aliphatic carbocycles. The van der Waals surface area contributed by atoms with Crippen LogP contribution in [-0.4, -0.2) is 53.5 Å². The lowest BCUT2D eigenvalue weighted by molar-refractivity contribution is 0.0951. The number of carbonyl (C=O) groups is 1. The molecule has 1 unspecified atom stereocenters. The second-order valence-corrected chi connectivity index (χ2v) is 11.2. The van der Waals surface area contributed by atoms with Crippen molar-refractivity contribution in [3.63, 3.8) is 0 Å². The Labute approximate surface area is 222 Å². The number of hydrogen-bond acceptors (Lipinski definition) is 5. The zero-order chi connectivity index (χ0) is 26.5. The van der Waals surface area contributed by atoms with Crippen LogP contribution in [0.25, 0.3) is 0 Å². The fourth-order valence-corrected chi connectivity index (χ4v) is 5.45. The first kappa shape index (κ1) is 27.8. The first-order chi connectivity index (χ1) is 17.1. The maximum Gasteiger partial charge on any atom is 0.252 e. The lowest BCUT2D eigenvalue weighted by Crippen LogP contribution is -2.30. The third-order valence-corrected chi connectivity index (χ3v) is 8.33. The van der Waals surface area contributed by atoms with Gasteiger partial charge in [0.2, 0.25) is 10.0 Å². The van der Waals surface area contributed by atoms with Gasteiger partial charge < -0.3 is 14.8 Å². The Morgan fingerprint density at radius 3 is 2.22 bits per heavy atom. The molecule has 3 aromatic carbocycles. The van der Waals surface area contributed by atoms with Crippen molar-refractivity contribution >= 4 is 39.1 Å². The molecule has 3 aromatic rings. The number of methoxy groups -OCH3 is 2. The van der Waals surface area contributed by atoms with Crippen molar-refractivity contribution in [3.8, 4) is 11.5 Å². The molecule has 1 atom stereocenters. The fourth-order valence-electron chi connectivity index (χ4n) is 3.72. The van der Waals surface area contributed by atoms with Crippen LogP contribution >= 0.6 is 23.2 Å². The largest absolute Gasteiger partial charge is 0.493 e. The highest BCUT2D eigenvalue weighted by atomic mass is 35.5. The van der Waals surface area contributed by atoms with E-state index in [2.05, 4.69) is 5.32 Å². The van der Waals surface area contributed by atoms with Crippen molar-refractivity contribution in [2.75, 3.05) is 34.9 Å². The van der Waals surface area contributed by atoms with Crippen molar-refractivity contribution in [1.29, 1.82) is 0 Å². The molecule has 10 heteroatoms. The molecule has 0 radical (unpaired) electrons. The Morgan fingerprint density at radius 1 is 0.944 bits per heavy atom. The Kier molecular flexibility index (Phi) is 9.24. The smallest absolute Gasteiger partial charge is 0.252 e. The van der Waals surface area contributed by atoms with E-state index in [4.69, 9.17) is 32.7 Å². The molecule has 1 amide bonds. The minimum absolute atomic E-state index is 0.0206. The van der Waals surface area contributed by atoms with Gasteiger partial charge in [0.05, 0.1) is 29.8 Å². The number of nitrogens with one attached hydrogen (secondary N) is 1. The molecule has 0 spiro atoms. The maximum absolute atomic E-state index is 13.1. The van der Waals surface area contributed by atoms with Gasteiger partial charge in [-0.3, -0.25) is 4.79 Å². The van der Waals surface area contributed by atoms with Crippen LogP contribution in [0, 0.1) is 0 Å². The molecule has 36 heavy (non-hydrogen) atoms. The van der Waals surface area contributed by atoms with Crippen LogP contribution < -0.4 is 14.8 Å². The molecular formula is C26H28Cl2N2O5S. The van der Waals surface area contributed by atoms with E-state index >= 15 is 0 Å². The van der Waals surface area contributed by atoms with E-state index in [0.717, 1.165) is 15.4 Å². The van der Waals surface area contributed by atoms with Crippen LogP contribution in [0.2, 0.25) is 10.0 Å². The maximum atomic E-state index is 13.1. The zero-order valence-electron chi connectivity index (χ0n) is 20.4. The summed E-state index contributed by atoms with van der Waals surface area (Å²) in [4.78, 5) is 13.0. The van der Waals surface area contributed by atoms with E-state index in [9.17, 15) is 13.2 Å². The Hall–Kier alpha value is -2.78. The summed E-state index contributed by atoms with van der Waals surface area (Å²) in [5.74, 6) is 0.558. The van der Waals surface area contributed by atoms with Gasteiger partial charge in [0.25, 0.3) is 5.91 Å². The van der Waals surface area contributed by atoms with Gasteiger partial charge in [-0.25, -0.2) is 12.7 Å². The number of sulfonamides is 1. The average Bonchev–Trinajstić information content (AvgIpc) is 2.86. The van der Waals surface area contributed by atoms with E-state index in [1.54, 1.807) is 14.2 Å². The second-order valence-electron chi connectivity index (χ2n) is 8.26. The van der Waals surface area contributed by atoms with Gasteiger partial charge in [-0.15, -0.1) is 0 Å². The van der Waals surface area contributed by atoms with Gasteiger partial charge in [-0.05, 0) is 41.8 Å². The summed E-state index contributed by atoms with van der Waals surface area (Å²) in [6, 6.07) is 18.0. The topological polar surface area (TPSA) is 84.9 Å². The number of nitrogens with zero attached hydrogens (tertiary/aromatic N) is 1. The number of benzene rings is 3. The molecule has 192 valence electrons. The van der Waals surface area contributed by atoms with Gasteiger partial charge in [-0.2, -0.15) is 0 Å². The molecule has 0 fully saturated rings. The van der Waals surface area contributed by atoms with Crippen LogP contribution in [0.4, 0.5) is 0 Å². The molecule has 0 saturated carbocycles. The second kappa shape index (κ2) is 12.0. The highest BCUT2D eigenvalue weighted by Gasteiger charge is 2.25. The number of hydrogen-bond donors (Lipinski definition) is 1. The predicted octanol–water partition coefficient (Wildman–Crippen LogP) is 5.02. The van der Waals surface area contributed by atoms with Crippen molar-refractivity contribution in [2.45, 2.75) is 17.2 Å². The number of carbonyl (C=O) groups excluding carboxylic acids is 1. The summed E-state index contributed by atoms with van der Waals surface area (Å²) < 4.78 is 37.1. The van der Waals surface area contributed by atoms with Gasteiger partial charge in [0.1, 0.15) is 4.90 Å². The summed E-state index contributed by atoms with van der Waals surface area (Å²) >= 11 is 12.4. The molecule has 0 aliphatic rings. The van der Waals surface area contributed by atoms with E-state index < -0.39 is 15.9 Å². The molecule has 1 N–H and O–H groups in total. The molecule has 0 heterocycles. The predicted molar refractivity (Wildman–Crippen MR) is 142 cm³/mol. The molecule has 0 bridgehead atoms. The van der Waals surface area contributed by atoms with Gasteiger partial charge in [0.15, 0.2) is 11.5 Å². The van der Waals surface area contributed by atoms with Gasteiger partial charge >= 0.3 is 0 Å². The summed E-state index contributed by atoms with van der Waals surface area (Å²) in [5.41, 5.74) is 2.05. The minimum atomic E-state index is -3.87. The highest BCUT2D eigenvalue weighted by molar-refractivity contribution is 7.89. The summed E-state index contributed by atoms with van der Waals surface area (Å²) in [6.07, 6.45) is 0.644. The fraction of sp³-hybridized carbons (Fsp3) is 0.269. The Bertz CT molecular complexity index is 1330. The normalized spacial score (nSPS) is 12.3. The molecule has 0 saturated heterocycles. The van der Waals surface area contributed by atoms with Crippen LogP contribution in [0.1, 0.15) is 27.4 Å². The van der Waals surface area contributed by atoms with Gasteiger partial charge in [-0.1, -0.05) is 59.6 Å². The molecule has 3 rings (SSSR count). The molecule has 0 aromatic heterocycles. The van der Waals surface area contributed by atoms with Crippen molar-refractivity contribution < 1.29 is 22.7 Å². The number of ether oxygens (including phenoxy) is 2. The number of rotatable bonds is 10. The lowest BCUT2D eigenvalue weighted by atomic mass is 9.91. The highest BCUT2D eigenvalue weighted by Crippen LogP contribution is 2.33. The molecule has 7 nitrogen and oxygen atoms in total. The van der Waals surface area contributed by atoms with Crippen molar-refractivity contribution in [3.05, 3.63) is 87.4 Å². The van der Waals surface area contributed by atoms with Crippen molar-refractivity contribution in [2.24, 2.45) is 0 Å². The van der Waals surface area contributed by atoms with E-state index in [-0.39, 0.29) is 33.0 Å². The third-order valence-electron chi connectivity index (χ3n) is 5.74. The van der Waals surface area contributed by atoms with Gasteiger partial charge in [0, 0.05) is 26.6 Å². The van der Waals surface area contributed by atoms with Crippen LogP contribution in [0.15, 0.2) is 65.6 Å². The summed E-state index contributed by atoms with van der Waals surface area (Å²) in [7, 11) is 2.04. The van der Waals surface area contributed by atoms with E-state index in [0.29, 0.717) is 17.9 Å². The Morgan fingerprint density at radius 2 is 1.61 bits per heavy atom. The first-order valence-electron chi connectivity index (χ1n) is 11.0. The lowest BCUT2D eigenvalue weighted by Gasteiger charge is -2.20.